The fourth-order valence-corrected chi connectivity index (χ4v) is 5.92. The second kappa shape index (κ2) is 13.1. The minimum Gasteiger partial charge on any atom is -0.497 e. The number of halogens is 2. The zero-order valence-corrected chi connectivity index (χ0v) is 22.9. The first-order chi connectivity index (χ1) is 17.9. The van der Waals surface area contributed by atoms with Gasteiger partial charge in [-0.3, -0.25) is 9.59 Å². The average molecular weight is 569 g/mol. The van der Waals surface area contributed by atoms with Gasteiger partial charge in [-0.2, -0.15) is 0 Å². The molecule has 0 saturated heterocycles. The standard InChI is InChI=1S/C29H23Cl2NO3S2/c1-35-23-9-5-8-20(18-23)27(36-24-14-10-21(30)11-15-24)26(32-28(33)19-6-3-2-4-7-19)29(34)37-25-16-12-22(31)13-17-25/h2-18,26-27H,1H3,(H,32,33)/t26-,27+/m0/s1. The highest BCUT2D eigenvalue weighted by Crippen LogP contribution is 2.41. The van der Waals surface area contributed by atoms with Gasteiger partial charge in [0.1, 0.15) is 11.8 Å². The van der Waals surface area contributed by atoms with Crippen molar-refractivity contribution >= 4 is 57.7 Å². The predicted molar refractivity (Wildman–Crippen MR) is 153 cm³/mol. The number of amides is 1. The lowest BCUT2D eigenvalue weighted by atomic mass is 10.0. The zero-order chi connectivity index (χ0) is 26.2. The number of rotatable bonds is 9. The predicted octanol–water partition coefficient (Wildman–Crippen LogP) is 7.95. The molecule has 0 aliphatic heterocycles. The number of ether oxygens (including phenoxy) is 1. The van der Waals surface area contributed by atoms with Crippen LogP contribution in [-0.2, 0) is 4.79 Å². The average Bonchev–Trinajstić information content (AvgIpc) is 2.93. The summed E-state index contributed by atoms with van der Waals surface area (Å²) in [5, 5.41) is 3.54. The van der Waals surface area contributed by atoms with E-state index in [1.54, 1.807) is 67.8 Å². The minimum atomic E-state index is -0.874. The van der Waals surface area contributed by atoms with E-state index in [2.05, 4.69) is 5.32 Å². The number of methoxy groups -OCH3 is 1. The third kappa shape index (κ3) is 7.55. The van der Waals surface area contributed by atoms with Crippen molar-refractivity contribution in [1.29, 1.82) is 0 Å². The number of benzene rings is 4. The molecule has 4 aromatic carbocycles. The Bertz CT molecular complexity index is 1350. The van der Waals surface area contributed by atoms with Crippen LogP contribution >= 0.6 is 46.7 Å². The molecule has 0 radical (unpaired) electrons. The van der Waals surface area contributed by atoms with Crippen LogP contribution in [-0.4, -0.2) is 24.2 Å². The molecule has 0 aliphatic rings. The molecule has 0 aliphatic carbocycles. The quantitative estimate of drug-likeness (QED) is 0.208. The maximum Gasteiger partial charge on any atom is 0.251 e. The first-order valence-electron chi connectivity index (χ1n) is 11.3. The summed E-state index contributed by atoms with van der Waals surface area (Å²) in [5.41, 5.74) is 1.31. The van der Waals surface area contributed by atoms with Crippen molar-refractivity contribution in [1.82, 2.24) is 5.32 Å². The lowest BCUT2D eigenvalue weighted by molar-refractivity contribution is -0.112. The van der Waals surface area contributed by atoms with E-state index in [9.17, 15) is 9.59 Å². The first-order valence-corrected chi connectivity index (χ1v) is 13.8. The summed E-state index contributed by atoms with van der Waals surface area (Å²) in [5.74, 6) is 0.324. The van der Waals surface area contributed by atoms with Gasteiger partial charge in [-0.15, -0.1) is 11.8 Å². The van der Waals surface area contributed by atoms with E-state index in [0.717, 1.165) is 27.1 Å². The van der Waals surface area contributed by atoms with Gasteiger partial charge in [0.15, 0.2) is 0 Å². The van der Waals surface area contributed by atoms with Crippen LogP contribution in [0, 0.1) is 0 Å². The third-order valence-corrected chi connectivity index (χ3v) is 8.22. The van der Waals surface area contributed by atoms with E-state index in [-0.39, 0.29) is 11.0 Å². The van der Waals surface area contributed by atoms with Gasteiger partial charge in [0, 0.05) is 25.4 Å². The van der Waals surface area contributed by atoms with Crippen LogP contribution in [0.15, 0.2) is 113 Å². The number of carbonyl (C=O) groups is 2. The van der Waals surface area contributed by atoms with Crippen molar-refractivity contribution in [3.8, 4) is 5.75 Å². The number of carbonyl (C=O) groups excluding carboxylic acids is 2. The third-order valence-electron chi connectivity index (χ3n) is 5.41. The van der Waals surface area contributed by atoms with Gasteiger partial charge in [-0.1, -0.05) is 53.5 Å². The van der Waals surface area contributed by atoms with Gasteiger partial charge >= 0.3 is 0 Å². The van der Waals surface area contributed by atoms with Crippen molar-refractivity contribution in [2.24, 2.45) is 0 Å². The van der Waals surface area contributed by atoms with E-state index in [1.165, 1.54) is 11.8 Å². The molecule has 4 nitrogen and oxygen atoms in total. The topological polar surface area (TPSA) is 55.4 Å². The number of hydrogen-bond donors (Lipinski definition) is 1. The summed E-state index contributed by atoms with van der Waals surface area (Å²) in [6.45, 7) is 0. The van der Waals surface area contributed by atoms with Crippen molar-refractivity contribution in [3.05, 3.63) is 124 Å². The summed E-state index contributed by atoms with van der Waals surface area (Å²) in [6.07, 6.45) is 0. The molecule has 0 spiro atoms. The second-order valence-electron chi connectivity index (χ2n) is 7.96. The van der Waals surface area contributed by atoms with Crippen molar-refractivity contribution in [3.63, 3.8) is 0 Å². The van der Waals surface area contributed by atoms with E-state index < -0.39 is 11.3 Å². The molecule has 0 fully saturated rings. The normalized spacial score (nSPS) is 12.4. The van der Waals surface area contributed by atoms with Crippen LogP contribution in [0.1, 0.15) is 21.2 Å². The molecule has 1 N–H and O–H groups in total. The summed E-state index contributed by atoms with van der Waals surface area (Å²) in [7, 11) is 1.59. The molecular formula is C29H23Cl2NO3S2. The lowest BCUT2D eigenvalue weighted by Crippen LogP contribution is -2.43. The van der Waals surface area contributed by atoms with Gasteiger partial charge in [0.25, 0.3) is 5.91 Å². The molecule has 0 unspecified atom stereocenters. The highest BCUT2D eigenvalue weighted by atomic mass is 35.5. The summed E-state index contributed by atoms with van der Waals surface area (Å²) in [4.78, 5) is 28.7. The SMILES string of the molecule is COc1cccc([C@@H](Sc2ccc(Cl)cc2)[C@H](NC(=O)c2ccccc2)C(=O)Sc2ccc(Cl)cc2)c1. The molecule has 4 rings (SSSR count). The van der Waals surface area contributed by atoms with Crippen molar-refractivity contribution in [2.45, 2.75) is 21.1 Å². The Morgan fingerprint density at radius 2 is 1.41 bits per heavy atom. The van der Waals surface area contributed by atoms with Crippen molar-refractivity contribution < 1.29 is 14.3 Å². The maximum atomic E-state index is 13.8. The molecule has 4 aromatic rings. The number of hydrogen-bond acceptors (Lipinski definition) is 5. The molecule has 0 saturated carbocycles. The maximum absolute atomic E-state index is 13.8. The van der Waals surface area contributed by atoms with Gasteiger partial charge in [-0.05, 0) is 90.1 Å². The van der Waals surface area contributed by atoms with Crippen LogP contribution < -0.4 is 10.1 Å². The van der Waals surface area contributed by atoms with E-state index in [1.807, 2.05) is 42.5 Å². The van der Waals surface area contributed by atoms with Gasteiger partial charge < -0.3 is 10.1 Å². The Balaban J connectivity index is 1.74. The Morgan fingerprint density at radius 3 is 2.03 bits per heavy atom. The molecule has 1 amide bonds. The van der Waals surface area contributed by atoms with Crippen LogP contribution in [0.4, 0.5) is 0 Å². The largest absolute Gasteiger partial charge is 0.497 e. The molecule has 2 atom stereocenters. The van der Waals surface area contributed by atoms with Gasteiger partial charge in [0.05, 0.1) is 12.4 Å². The Kier molecular flexibility index (Phi) is 9.58. The molecular weight excluding hydrogens is 545 g/mol. The number of nitrogens with one attached hydrogen (secondary N) is 1. The summed E-state index contributed by atoms with van der Waals surface area (Å²) < 4.78 is 5.45. The zero-order valence-electron chi connectivity index (χ0n) is 19.8. The molecule has 0 heterocycles. The molecule has 0 bridgehead atoms. The van der Waals surface area contributed by atoms with Gasteiger partial charge in [-0.25, -0.2) is 0 Å². The van der Waals surface area contributed by atoms with Crippen LogP contribution in [0.25, 0.3) is 0 Å². The lowest BCUT2D eigenvalue weighted by Gasteiger charge is -2.27. The van der Waals surface area contributed by atoms with Crippen molar-refractivity contribution in [2.75, 3.05) is 7.11 Å². The van der Waals surface area contributed by atoms with Crippen LogP contribution in [0.3, 0.4) is 0 Å². The highest BCUT2D eigenvalue weighted by molar-refractivity contribution is 8.14. The van der Waals surface area contributed by atoms with Gasteiger partial charge in [0.2, 0.25) is 5.12 Å². The van der Waals surface area contributed by atoms with E-state index in [4.69, 9.17) is 27.9 Å². The molecule has 0 aromatic heterocycles. The minimum absolute atomic E-state index is 0.208. The molecule has 8 heteroatoms. The monoisotopic (exact) mass is 567 g/mol. The van der Waals surface area contributed by atoms with Crippen LogP contribution in [0.2, 0.25) is 10.0 Å². The number of thioether (sulfide) groups is 2. The first kappa shape index (κ1) is 27.1. The molecule has 37 heavy (non-hydrogen) atoms. The second-order valence-corrected chi connectivity index (χ2v) is 11.1. The van der Waals surface area contributed by atoms with E-state index >= 15 is 0 Å². The highest BCUT2D eigenvalue weighted by Gasteiger charge is 2.33. The Morgan fingerprint density at radius 1 is 0.784 bits per heavy atom. The fourth-order valence-electron chi connectivity index (χ4n) is 3.56. The summed E-state index contributed by atoms with van der Waals surface area (Å²) >= 11 is 14.7. The smallest absolute Gasteiger partial charge is 0.251 e. The fraction of sp³-hybridized carbons (Fsp3) is 0.103. The Hall–Kier alpha value is -2.90. The molecule has 188 valence electrons. The Labute approximate surface area is 234 Å². The van der Waals surface area contributed by atoms with Crippen LogP contribution in [0.5, 0.6) is 5.75 Å². The summed E-state index contributed by atoms with van der Waals surface area (Å²) in [6, 6.07) is 29.9. The van der Waals surface area contributed by atoms with E-state index in [0.29, 0.717) is 21.4 Å².